The molecule has 2 heterocycles. The van der Waals surface area contributed by atoms with Crippen molar-refractivity contribution in [2.75, 3.05) is 20.3 Å². The van der Waals surface area contributed by atoms with Gasteiger partial charge in [0, 0.05) is 10.4 Å². The summed E-state index contributed by atoms with van der Waals surface area (Å²) in [6, 6.07) is 17.0. The highest BCUT2D eigenvalue weighted by atomic mass is 16.6. The number of rotatable bonds is 7. The summed E-state index contributed by atoms with van der Waals surface area (Å²) in [6.45, 7) is 1.79. The third-order valence-corrected chi connectivity index (χ3v) is 5.62. The minimum atomic E-state index is -0.513. The molecule has 0 amide bonds. The Morgan fingerprint density at radius 2 is 1.26 bits per heavy atom. The van der Waals surface area contributed by atoms with Crippen molar-refractivity contribution in [2.24, 2.45) is 0 Å². The zero-order chi connectivity index (χ0) is 24.5. The van der Waals surface area contributed by atoms with E-state index in [9.17, 15) is 14.4 Å². The van der Waals surface area contributed by atoms with Gasteiger partial charge >= 0.3 is 17.9 Å². The van der Waals surface area contributed by atoms with E-state index in [1.54, 1.807) is 74.7 Å². The second-order valence-electron chi connectivity index (χ2n) is 7.72. The zero-order valence-electron chi connectivity index (χ0n) is 19.0. The van der Waals surface area contributed by atoms with Crippen LogP contribution < -0.4 is 29.4 Å². The summed E-state index contributed by atoms with van der Waals surface area (Å²) in [5.74, 6) is 0.357. The first kappa shape index (κ1) is 22.2. The lowest BCUT2D eigenvalue weighted by molar-refractivity contribution is -0.145. The molecule has 0 unspecified atom stereocenters. The van der Waals surface area contributed by atoms with E-state index in [0.717, 1.165) is 0 Å². The van der Waals surface area contributed by atoms with Gasteiger partial charge in [-0.25, -0.2) is 14.4 Å². The highest BCUT2D eigenvalue weighted by Gasteiger charge is 2.30. The molecule has 0 saturated heterocycles. The summed E-state index contributed by atoms with van der Waals surface area (Å²) in [5.41, 5.74) is 1.99. The quantitative estimate of drug-likeness (QED) is 0.380. The van der Waals surface area contributed by atoms with Crippen molar-refractivity contribution in [3.63, 3.8) is 0 Å². The lowest BCUT2D eigenvalue weighted by Crippen LogP contribution is -2.14. The van der Waals surface area contributed by atoms with E-state index in [2.05, 4.69) is 0 Å². The van der Waals surface area contributed by atoms with Crippen LogP contribution in [0.4, 0.5) is 0 Å². The Labute approximate surface area is 199 Å². The van der Waals surface area contributed by atoms with E-state index in [-0.39, 0.29) is 13.2 Å². The Bertz CT molecular complexity index is 1470. The van der Waals surface area contributed by atoms with E-state index < -0.39 is 17.9 Å². The van der Waals surface area contributed by atoms with Crippen molar-refractivity contribution in [3.8, 4) is 23.0 Å². The molecule has 8 nitrogen and oxygen atoms in total. The number of methoxy groups -OCH3 is 1. The van der Waals surface area contributed by atoms with Gasteiger partial charge < -0.3 is 23.7 Å². The van der Waals surface area contributed by atoms with Crippen LogP contribution >= 0.6 is 0 Å². The Kier molecular flexibility index (Phi) is 5.70. The van der Waals surface area contributed by atoms with Crippen molar-refractivity contribution in [3.05, 3.63) is 82.2 Å². The minimum Gasteiger partial charge on any atom is -0.497 e. The first-order valence-electron chi connectivity index (χ1n) is 10.9. The van der Waals surface area contributed by atoms with Crippen molar-refractivity contribution in [1.82, 2.24) is 0 Å². The van der Waals surface area contributed by atoms with Crippen LogP contribution in [0.1, 0.15) is 18.1 Å². The molecule has 0 N–H and O–H groups in total. The molecule has 0 aromatic heterocycles. The van der Waals surface area contributed by atoms with Crippen LogP contribution in [-0.2, 0) is 19.1 Å². The maximum atomic E-state index is 12.7. The maximum Gasteiger partial charge on any atom is 0.344 e. The Hall–Kier alpha value is -4.59. The minimum absolute atomic E-state index is 0.209. The summed E-state index contributed by atoms with van der Waals surface area (Å²) in [6.07, 6.45) is 0. The second-order valence-corrected chi connectivity index (χ2v) is 7.72. The lowest BCUT2D eigenvalue weighted by atomic mass is 10.0. The number of ether oxygens (including phenoxy) is 5. The van der Waals surface area contributed by atoms with Crippen molar-refractivity contribution in [1.29, 1.82) is 0 Å². The predicted molar refractivity (Wildman–Crippen MR) is 124 cm³/mol. The lowest BCUT2D eigenvalue weighted by Gasteiger charge is -2.06. The van der Waals surface area contributed by atoms with Crippen LogP contribution in [0, 0.1) is 0 Å². The molecular formula is C27H20O8. The number of hydrogen-bond donors (Lipinski definition) is 0. The second kappa shape index (κ2) is 8.98. The molecule has 3 aromatic rings. The smallest absolute Gasteiger partial charge is 0.344 e. The molecule has 8 heteroatoms. The van der Waals surface area contributed by atoms with Crippen molar-refractivity contribution in [2.45, 2.75) is 6.92 Å². The topological polar surface area (TPSA) is 97.4 Å². The van der Waals surface area contributed by atoms with Crippen molar-refractivity contribution < 1.29 is 38.1 Å². The molecule has 2 aliphatic heterocycles. The highest BCUT2D eigenvalue weighted by molar-refractivity contribution is 6.21. The monoisotopic (exact) mass is 472 g/mol. The fourth-order valence-electron chi connectivity index (χ4n) is 4.01. The Morgan fingerprint density at radius 1 is 0.771 bits per heavy atom. The molecular weight excluding hydrogens is 452 g/mol. The first-order chi connectivity index (χ1) is 17.0. The fraction of sp³-hybridized carbons (Fsp3) is 0.148. The number of carbonyl (C=O) groups is 3. The van der Waals surface area contributed by atoms with Gasteiger partial charge in [-0.3, -0.25) is 0 Å². The van der Waals surface area contributed by atoms with E-state index in [4.69, 9.17) is 23.7 Å². The molecule has 0 fully saturated rings. The standard InChI is InChI=1S/C27H20O8/c1-3-32-23(28)14-33-18-10-6-16(7-11-18)25-20-13-21-19(12-22(20)35-27(25)30)24(26(29)34-21)15-4-8-17(31-2)9-5-15/h4-13H,3,14H2,1-2H3. The van der Waals surface area contributed by atoms with Gasteiger partial charge in [0.05, 0.1) is 24.9 Å². The van der Waals surface area contributed by atoms with Gasteiger partial charge in [0.15, 0.2) is 6.61 Å². The molecule has 2 aliphatic rings. The molecule has 35 heavy (non-hydrogen) atoms. The molecule has 0 radical (unpaired) electrons. The number of esters is 3. The molecule has 5 rings (SSSR count). The third-order valence-electron chi connectivity index (χ3n) is 5.62. The normalized spacial score (nSPS) is 13.7. The molecule has 3 aromatic carbocycles. The Balaban J connectivity index is 1.52. The van der Waals surface area contributed by atoms with E-state index >= 15 is 0 Å². The molecule has 0 atom stereocenters. The van der Waals surface area contributed by atoms with Crippen LogP contribution in [0.15, 0.2) is 60.7 Å². The van der Waals surface area contributed by atoms with Crippen LogP contribution in [0.2, 0.25) is 0 Å². The van der Waals surface area contributed by atoms with E-state index in [1.807, 2.05) is 0 Å². The van der Waals surface area contributed by atoms with Gasteiger partial charge in [0.25, 0.3) is 0 Å². The largest absolute Gasteiger partial charge is 0.497 e. The van der Waals surface area contributed by atoms with Crippen LogP contribution in [0.3, 0.4) is 0 Å². The summed E-state index contributed by atoms with van der Waals surface area (Å²) in [4.78, 5) is 36.9. The van der Waals surface area contributed by atoms with E-state index in [1.165, 1.54) is 0 Å². The van der Waals surface area contributed by atoms with Gasteiger partial charge in [0.1, 0.15) is 23.0 Å². The van der Waals surface area contributed by atoms with Crippen LogP contribution in [-0.4, -0.2) is 38.2 Å². The summed E-state index contributed by atoms with van der Waals surface area (Å²) < 4.78 is 26.5. The van der Waals surface area contributed by atoms with Crippen molar-refractivity contribution >= 4 is 29.1 Å². The third kappa shape index (κ3) is 4.10. The number of benzene rings is 3. The highest BCUT2D eigenvalue weighted by Crippen LogP contribution is 2.28. The summed E-state index contributed by atoms with van der Waals surface area (Å²) in [7, 11) is 1.57. The summed E-state index contributed by atoms with van der Waals surface area (Å²) >= 11 is 0. The molecule has 176 valence electrons. The summed E-state index contributed by atoms with van der Waals surface area (Å²) in [5, 5.41) is 1.08. The average Bonchev–Trinajstić information content (AvgIpc) is 3.35. The molecule has 0 bridgehead atoms. The average molecular weight is 472 g/mol. The zero-order valence-corrected chi connectivity index (χ0v) is 19.0. The fourth-order valence-corrected chi connectivity index (χ4v) is 4.01. The van der Waals surface area contributed by atoms with Gasteiger partial charge in [0.2, 0.25) is 0 Å². The van der Waals surface area contributed by atoms with Gasteiger partial charge in [-0.05, 0) is 54.4 Å². The SMILES string of the molecule is CCOC(=O)COc1ccc(C2=c3cc4c(cc3OC2=O)=C(c2ccc(OC)cc2)C(=O)O4)cc1. The number of fused-ring (bicyclic) bond motifs is 2. The van der Waals surface area contributed by atoms with E-state index in [0.29, 0.717) is 55.7 Å². The maximum absolute atomic E-state index is 12.7. The van der Waals surface area contributed by atoms with Crippen LogP contribution in [0.5, 0.6) is 23.0 Å². The van der Waals surface area contributed by atoms with Gasteiger partial charge in [-0.2, -0.15) is 0 Å². The molecule has 0 aliphatic carbocycles. The molecule has 0 saturated carbocycles. The van der Waals surface area contributed by atoms with Gasteiger partial charge in [-0.15, -0.1) is 0 Å². The predicted octanol–water partition coefficient (Wildman–Crippen LogP) is 1.87. The van der Waals surface area contributed by atoms with Crippen LogP contribution in [0.25, 0.3) is 11.1 Å². The number of carbonyl (C=O) groups excluding carboxylic acids is 3. The Morgan fingerprint density at radius 3 is 1.71 bits per heavy atom. The first-order valence-corrected chi connectivity index (χ1v) is 10.9. The van der Waals surface area contributed by atoms with Gasteiger partial charge in [-0.1, -0.05) is 24.3 Å². The molecule has 0 spiro atoms. The number of hydrogen-bond acceptors (Lipinski definition) is 8.